The molecule has 0 saturated heterocycles. The highest BCUT2D eigenvalue weighted by Crippen LogP contribution is 2.46. The number of hydrogen-bond acceptors (Lipinski definition) is 2. The molecule has 0 amide bonds. The summed E-state index contributed by atoms with van der Waals surface area (Å²) in [5, 5.41) is 3.73. The monoisotopic (exact) mass is 289 g/mol. The van der Waals surface area contributed by atoms with E-state index in [0.29, 0.717) is 16.9 Å². The molecule has 0 aromatic heterocycles. The molecule has 0 spiro atoms. The van der Waals surface area contributed by atoms with Gasteiger partial charge in [-0.15, -0.1) is 0 Å². The van der Waals surface area contributed by atoms with Crippen LogP contribution in [0.5, 0.6) is 5.75 Å². The molecule has 118 valence electrons. The molecule has 21 heavy (non-hydrogen) atoms. The van der Waals surface area contributed by atoms with Crippen molar-refractivity contribution in [3.63, 3.8) is 0 Å². The highest BCUT2D eigenvalue weighted by molar-refractivity contribution is 5.49. The van der Waals surface area contributed by atoms with E-state index in [1.807, 2.05) is 6.07 Å². The lowest BCUT2D eigenvalue weighted by atomic mass is 9.63. The van der Waals surface area contributed by atoms with Gasteiger partial charge in [-0.05, 0) is 48.6 Å². The summed E-state index contributed by atoms with van der Waals surface area (Å²) in [7, 11) is 0. The molecular formula is C19H31NO. The standard InChI is InChI=1S/C19H31NO/c1-6-10-21-17-9-7-8-15(11-17)20-16-12-18(2,3)14-19(4,5)13-16/h7-9,11,16,20H,6,10,12-14H2,1-5H3. The zero-order chi connectivity index (χ0) is 15.5. The molecule has 2 heteroatoms. The quantitative estimate of drug-likeness (QED) is 0.773. The summed E-state index contributed by atoms with van der Waals surface area (Å²) in [5.74, 6) is 0.969. The largest absolute Gasteiger partial charge is 0.494 e. The zero-order valence-corrected chi connectivity index (χ0v) is 14.3. The first-order valence-electron chi connectivity index (χ1n) is 8.29. The lowest BCUT2D eigenvalue weighted by molar-refractivity contribution is 0.105. The number of hydrogen-bond donors (Lipinski definition) is 1. The lowest BCUT2D eigenvalue weighted by Crippen LogP contribution is -2.40. The van der Waals surface area contributed by atoms with Crippen molar-refractivity contribution in [3.8, 4) is 5.75 Å². The fourth-order valence-corrected chi connectivity index (χ4v) is 4.08. The van der Waals surface area contributed by atoms with Crippen LogP contribution in [0.25, 0.3) is 0 Å². The Balaban J connectivity index is 2.03. The summed E-state index contributed by atoms with van der Waals surface area (Å²) in [6.45, 7) is 12.5. The lowest BCUT2D eigenvalue weighted by Gasteiger charge is -2.45. The van der Waals surface area contributed by atoms with Gasteiger partial charge in [0.1, 0.15) is 5.75 Å². The van der Waals surface area contributed by atoms with Gasteiger partial charge in [0.15, 0.2) is 0 Å². The van der Waals surface area contributed by atoms with Gasteiger partial charge in [-0.3, -0.25) is 0 Å². The molecule has 0 aliphatic heterocycles. The second-order valence-electron chi connectivity index (χ2n) is 8.13. The van der Waals surface area contributed by atoms with Gasteiger partial charge in [0.25, 0.3) is 0 Å². The van der Waals surface area contributed by atoms with Crippen LogP contribution in [0, 0.1) is 10.8 Å². The van der Waals surface area contributed by atoms with E-state index in [9.17, 15) is 0 Å². The minimum atomic E-state index is 0.412. The highest BCUT2D eigenvalue weighted by Gasteiger charge is 2.38. The molecule has 1 N–H and O–H groups in total. The predicted octanol–water partition coefficient (Wildman–Crippen LogP) is 5.49. The van der Waals surface area contributed by atoms with E-state index in [1.165, 1.54) is 24.9 Å². The number of nitrogens with one attached hydrogen (secondary N) is 1. The summed E-state index contributed by atoms with van der Waals surface area (Å²) < 4.78 is 5.73. The van der Waals surface area contributed by atoms with Gasteiger partial charge < -0.3 is 10.1 Å². The van der Waals surface area contributed by atoms with E-state index < -0.39 is 0 Å². The van der Waals surface area contributed by atoms with Crippen LogP contribution in [0.3, 0.4) is 0 Å². The van der Waals surface area contributed by atoms with Gasteiger partial charge >= 0.3 is 0 Å². The van der Waals surface area contributed by atoms with E-state index in [4.69, 9.17) is 4.74 Å². The van der Waals surface area contributed by atoms with Crippen molar-refractivity contribution in [2.24, 2.45) is 10.8 Å². The molecule has 1 fully saturated rings. The van der Waals surface area contributed by atoms with Gasteiger partial charge in [0.2, 0.25) is 0 Å². The summed E-state index contributed by atoms with van der Waals surface area (Å²) in [5.41, 5.74) is 2.01. The van der Waals surface area contributed by atoms with Crippen LogP contribution in [0.1, 0.15) is 60.3 Å². The van der Waals surface area contributed by atoms with Crippen LogP contribution in [0.15, 0.2) is 24.3 Å². The summed E-state index contributed by atoms with van der Waals surface area (Å²) >= 11 is 0. The Bertz CT molecular complexity index is 448. The predicted molar refractivity (Wildman–Crippen MR) is 91.1 cm³/mol. The summed E-state index contributed by atoms with van der Waals surface area (Å²) in [4.78, 5) is 0. The van der Waals surface area contributed by atoms with Crippen molar-refractivity contribution < 1.29 is 4.74 Å². The summed E-state index contributed by atoms with van der Waals surface area (Å²) in [6, 6.07) is 8.94. The van der Waals surface area contributed by atoms with Crippen LogP contribution in [0.4, 0.5) is 5.69 Å². The Morgan fingerprint density at radius 1 is 1.14 bits per heavy atom. The highest BCUT2D eigenvalue weighted by atomic mass is 16.5. The normalized spacial score (nSPS) is 21.0. The summed E-state index contributed by atoms with van der Waals surface area (Å²) in [6.07, 6.45) is 4.81. The Morgan fingerprint density at radius 3 is 2.43 bits per heavy atom. The molecule has 1 aromatic rings. The van der Waals surface area contributed by atoms with Crippen LogP contribution >= 0.6 is 0 Å². The maximum atomic E-state index is 5.73. The average molecular weight is 289 g/mol. The first-order valence-corrected chi connectivity index (χ1v) is 8.29. The van der Waals surface area contributed by atoms with Crippen LogP contribution in [0.2, 0.25) is 0 Å². The first-order chi connectivity index (χ1) is 9.80. The molecule has 0 radical (unpaired) electrons. The molecule has 2 rings (SSSR count). The van der Waals surface area contributed by atoms with E-state index >= 15 is 0 Å². The molecule has 0 bridgehead atoms. The van der Waals surface area contributed by atoms with E-state index in [0.717, 1.165) is 18.8 Å². The topological polar surface area (TPSA) is 21.3 Å². The van der Waals surface area contributed by atoms with Crippen LogP contribution in [-0.2, 0) is 0 Å². The van der Waals surface area contributed by atoms with Gasteiger partial charge in [-0.2, -0.15) is 0 Å². The molecule has 1 aliphatic rings. The Labute approximate surface area is 130 Å². The molecule has 1 saturated carbocycles. The van der Waals surface area contributed by atoms with Gasteiger partial charge in [-0.1, -0.05) is 40.7 Å². The van der Waals surface area contributed by atoms with Crippen molar-refractivity contribution in [1.82, 2.24) is 0 Å². The smallest absolute Gasteiger partial charge is 0.121 e. The van der Waals surface area contributed by atoms with Gasteiger partial charge in [0, 0.05) is 17.8 Å². The second-order valence-corrected chi connectivity index (χ2v) is 8.13. The number of rotatable bonds is 5. The van der Waals surface area contributed by atoms with Crippen molar-refractivity contribution in [3.05, 3.63) is 24.3 Å². The third-order valence-corrected chi connectivity index (χ3v) is 4.23. The van der Waals surface area contributed by atoms with Gasteiger partial charge in [0.05, 0.1) is 6.61 Å². The van der Waals surface area contributed by atoms with Gasteiger partial charge in [-0.25, -0.2) is 0 Å². The fourth-order valence-electron chi connectivity index (χ4n) is 4.08. The number of benzene rings is 1. The first kappa shape index (κ1) is 16.2. The molecule has 1 aliphatic carbocycles. The van der Waals surface area contributed by atoms with E-state index in [-0.39, 0.29) is 0 Å². The molecule has 0 unspecified atom stereocenters. The van der Waals surface area contributed by atoms with Crippen LogP contribution in [-0.4, -0.2) is 12.6 Å². The minimum Gasteiger partial charge on any atom is -0.494 e. The molecule has 0 heterocycles. The molecular weight excluding hydrogens is 258 g/mol. The SMILES string of the molecule is CCCOc1cccc(NC2CC(C)(C)CC(C)(C)C2)c1. The zero-order valence-electron chi connectivity index (χ0n) is 14.3. The maximum Gasteiger partial charge on any atom is 0.121 e. The number of ether oxygens (including phenoxy) is 1. The number of anilines is 1. The average Bonchev–Trinajstić information content (AvgIpc) is 2.33. The van der Waals surface area contributed by atoms with Crippen LogP contribution < -0.4 is 10.1 Å². The van der Waals surface area contributed by atoms with Crippen molar-refractivity contribution in [2.75, 3.05) is 11.9 Å². The Morgan fingerprint density at radius 2 is 1.81 bits per heavy atom. The molecule has 2 nitrogen and oxygen atoms in total. The molecule has 0 atom stereocenters. The van der Waals surface area contributed by atoms with E-state index in [2.05, 4.69) is 58.1 Å². The third-order valence-electron chi connectivity index (χ3n) is 4.23. The maximum absolute atomic E-state index is 5.73. The Kier molecular flexibility index (Phi) is 4.85. The fraction of sp³-hybridized carbons (Fsp3) is 0.684. The van der Waals surface area contributed by atoms with E-state index in [1.54, 1.807) is 0 Å². The van der Waals surface area contributed by atoms with Crippen molar-refractivity contribution in [1.29, 1.82) is 0 Å². The minimum absolute atomic E-state index is 0.412. The third kappa shape index (κ3) is 4.94. The van der Waals surface area contributed by atoms with Crippen molar-refractivity contribution >= 4 is 5.69 Å². The second kappa shape index (κ2) is 6.29. The van der Waals surface area contributed by atoms with Crippen molar-refractivity contribution in [2.45, 2.75) is 66.3 Å². The Hall–Kier alpha value is -1.18. The molecule has 1 aromatic carbocycles.